The highest BCUT2D eigenvalue weighted by molar-refractivity contribution is 5.75. The van der Waals surface area contributed by atoms with Gasteiger partial charge in [-0.15, -0.1) is 0 Å². The van der Waals surface area contributed by atoms with Crippen molar-refractivity contribution < 1.29 is 18.3 Å². The number of ether oxygens (including phenoxy) is 1. The minimum absolute atomic E-state index is 0.0319. The lowest BCUT2D eigenvalue weighted by Crippen LogP contribution is -2.29. The number of carbonyl (C=O) groups excluding carboxylic acids is 1. The summed E-state index contributed by atoms with van der Waals surface area (Å²) < 4.78 is 28.2. The van der Waals surface area contributed by atoms with Gasteiger partial charge in [0.25, 0.3) is 6.43 Å². The molecule has 1 aliphatic rings. The Morgan fingerprint density at radius 2 is 2.00 bits per heavy atom. The molecule has 0 saturated heterocycles. The van der Waals surface area contributed by atoms with Gasteiger partial charge in [0.15, 0.2) is 0 Å². The van der Waals surface area contributed by atoms with E-state index in [4.69, 9.17) is 5.73 Å². The Kier molecular flexibility index (Phi) is 7.90. The fourth-order valence-corrected chi connectivity index (χ4v) is 2.34. The van der Waals surface area contributed by atoms with Gasteiger partial charge in [-0.05, 0) is 38.0 Å². The minimum atomic E-state index is -2.45. The first kappa shape index (κ1) is 16.3. The SMILES string of the molecule is NC1CCC(CCC(=O)NCCOCC(F)F)CC1. The lowest BCUT2D eigenvalue weighted by atomic mass is 9.84. The average molecular weight is 278 g/mol. The molecule has 1 fully saturated rings. The number of amides is 1. The number of nitrogens with two attached hydrogens (primary N) is 1. The molecule has 0 aromatic carbocycles. The summed E-state index contributed by atoms with van der Waals surface area (Å²) in [4.78, 5) is 11.5. The highest BCUT2D eigenvalue weighted by Gasteiger charge is 2.18. The van der Waals surface area contributed by atoms with Gasteiger partial charge in [0, 0.05) is 19.0 Å². The first-order chi connectivity index (χ1) is 9.08. The van der Waals surface area contributed by atoms with Crippen LogP contribution in [0.2, 0.25) is 0 Å². The molecule has 0 atom stereocenters. The molecule has 3 N–H and O–H groups in total. The molecule has 0 aliphatic heterocycles. The van der Waals surface area contributed by atoms with Crippen molar-refractivity contribution in [3.05, 3.63) is 0 Å². The van der Waals surface area contributed by atoms with E-state index in [9.17, 15) is 13.6 Å². The zero-order valence-electron chi connectivity index (χ0n) is 11.2. The summed E-state index contributed by atoms with van der Waals surface area (Å²) in [5.41, 5.74) is 5.82. The Balaban J connectivity index is 1.96. The lowest BCUT2D eigenvalue weighted by Gasteiger charge is -2.25. The average Bonchev–Trinajstić information content (AvgIpc) is 2.37. The van der Waals surface area contributed by atoms with Crippen molar-refractivity contribution in [1.29, 1.82) is 0 Å². The third-order valence-corrected chi connectivity index (χ3v) is 3.48. The predicted octanol–water partition coefficient (Wildman–Crippen LogP) is 1.68. The molecular formula is C13H24F2N2O2. The van der Waals surface area contributed by atoms with E-state index in [2.05, 4.69) is 10.1 Å². The van der Waals surface area contributed by atoms with Crippen LogP contribution < -0.4 is 11.1 Å². The van der Waals surface area contributed by atoms with E-state index in [1.807, 2.05) is 0 Å². The quantitative estimate of drug-likeness (QED) is 0.664. The number of hydrogen-bond donors (Lipinski definition) is 2. The van der Waals surface area contributed by atoms with Crippen molar-refractivity contribution in [2.75, 3.05) is 19.8 Å². The van der Waals surface area contributed by atoms with Crippen LogP contribution in [0.3, 0.4) is 0 Å². The molecule has 112 valence electrons. The fourth-order valence-electron chi connectivity index (χ4n) is 2.34. The van der Waals surface area contributed by atoms with E-state index in [0.29, 0.717) is 24.9 Å². The van der Waals surface area contributed by atoms with E-state index in [1.54, 1.807) is 0 Å². The maximum atomic E-state index is 11.8. The number of alkyl halides is 2. The van der Waals surface area contributed by atoms with Gasteiger partial charge in [-0.25, -0.2) is 8.78 Å². The topological polar surface area (TPSA) is 64.4 Å². The second kappa shape index (κ2) is 9.20. The predicted molar refractivity (Wildman–Crippen MR) is 69.0 cm³/mol. The second-order valence-electron chi connectivity index (χ2n) is 5.14. The van der Waals surface area contributed by atoms with Crippen LogP contribution >= 0.6 is 0 Å². The molecule has 1 amide bonds. The number of hydrogen-bond acceptors (Lipinski definition) is 3. The standard InChI is InChI=1S/C13H24F2N2O2/c14-12(15)9-19-8-7-17-13(18)6-3-10-1-4-11(16)5-2-10/h10-12H,1-9,16H2,(H,17,18). The maximum absolute atomic E-state index is 11.8. The molecule has 0 heterocycles. The Hall–Kier alpha value is -0.750. The second-order valence-corrected chi connectivity index (χ2v) is 5.14. The van der Waals surface area contributed by atoms with Crippen LogP contribution in [-0.2, 0) is 9.53 Å². The summed E-state index contributed by atoms with van der Waals surface area (Å²) in [6.45, 7) is -0.145. The van der Waals surface area contributed by atoms with Gasteiger partial charge >= 0.3 is 0 Å². The maximum Gasteiger partial charge on any atom is 0.261 e. The molecule has 0 aromatic rings. The Morgan fingerprint density at radius 1 is 1.32 bits per heavy atom. The fraction of sp³-hybridized carbons (Fsp3) is 0.923. The largest absolute Gasteiger partial charge is 0.374 e. The summed E-state index contributed by atoms with van der Waals surface area (Å²) in [6.07, 6.45) is 3.23. The van der Waals surface area contributed by atoms with Gasteiger partial charge in [-0.2, -0.15) is 0 Å². The first-order valence-corrected chi connectivity index (χ1v) is 6.96. The molecule has 1 rings (SSSR count). The Labute approximate surface area is 113 Å². The molecule has 0 aromatic heterocycles. The van der Waals surface area contributed by atoms with E-state index in [1.165, 1.54) is 0 Å². The van der Waals surface area contributed by atoms with Crippen LogP contribution in [0.15, 0.2) is 0 Å². The minimum Gasteiger partial charge on any atom is -0.374 e. The molecule has 1 saturated carbocycles. The smallest absolute Gasteiger partial charge is 0.261 e. The summed E-state index contributed by atoms with van der Waals surface area (Å²) in [7, 11) is 0. The van der Waals surface area contributed by atoms with Crippen molar-refractivity contribution in [1.82, 2.24) is 5.32 Å². The highest BCUT2D eigenvalue weighted by atomic mass is 19.3. The summed E-state index contributed by atoms with van der Waals surface area (Å²) >= 11 is 0. The Morgan fingerprint density at radius 3 is 2.63 bits per heavy atom. The van der Waals surface area contributed by atoms with Crippen molar-refractivity contribution in [3.63, 3.8) is 0 Å². The highest BCUT2D eigenvalue weighted by Crippen LogP contribution is 2.26. The molecule has 0 spiro atoms. The van der Waals surface area contributed by atoms with Crippen molar-refractivity contribution >= 4 is 5.91 Å². The molecule has 19 heavy (non-hydrogen) atoms. The zero-order valence-corrected chi connectivity index (χ0v) is 11.2. The van der Waals surface area contributed by atoms with Gasteiger partial charge in [-0.1, -0.05) is 0 Å². The van der Waals surface area contributed by atoms with Crippen LogP contribution in [0.25, 0.3) is 0 Å². The van der Waals surface area contributed by atoms with Gasteiger partial charge in [0.1, 0.15) is 6.61 Å². The molecule has 4 nitrogen and oxygen atoms in total. The van der Waals surface area contributed by atoms with Crippen LogP contribution in [0, 0.1) is 5.92 Å². The molecule has 0 radical (unpaired) electrons. The molecular weight excluding hydrogens is 254 g/mol. The number of nitrogens with one attached hydrogen (secondary N) is 1. The van der Waals surface area contributed by atoms with Gasteiger partial charge < -0.3 is 15.8 Å². The monoisotopic (exact) mass is 278 g/mol. The first-order valence-electron chi connectivity index (χ1n) is 6.96. The number of carbonyl (C=O) groups is 1. The van der Waals surface area contributed by atoms with E-state index in [0.717, 1.165) is 32.1 Å². The summed E-state index contributed by atoms with van der Waals surface area (Å²) in [5.74, 6) is 0.566. The van der Waals surface area contributed by atoms with Crippen molar-refractivity contribution in [2.24, 2.45) is 11.7 Å². The van der Waals surface area contributed by atoms with E-state index >= 15 is 0 Å². The third-order valence-electron chi connectivity index (χ3n) is 3.48. The van der Waals surface area contributed by atoms with E-state index < -0.39 is 13.0 Å². The van der Waals surface area contributed by atoms with Gasteiger partial charge in [0.2, 0.25) is 5.91 Å². The van der Waals surface area contributed by atoms with Gasteiger partial charge in [-0.3, -0.25) is 4.79 Å². The summed E-state index contributed by atoms with van der Waals surface area (Å²) in [6, 6.07) is 0.331. The lowest BCUT2D eigenvalue weighted by molar-refractivity contribution is -0.121. The van der Waals surface area contributed by atoms with E-state index in [-0.39, 0.29) is 12.5 Å². The molecule has 0 bridgehead atoms. The number of halogens is 2. The van der Waals surface area contributed by atoms with Crippen LogP contribution in [0.4, 0.5) is 8.78 Å². The third kappa shape index (κ3) is 8.10. The van der Waals surface area contributed by atoms with Crippen LogP contribution in [-0.4, -0.2) is 38.1 Å². The molecule has 1 aliphatic carbocycles. The molecule has 6 heteroatoms. The Bertz CT molecular complexity index is 257. The van der Waals surface area contributed by atoms with Crippen molar-refractivity contribution in [3.8, 4) is 0 Å². The van der Waals surface area contributed by atoms with Crippen LogP contribution in [0.5, 0.6) is 0 Å². The normalized spacial score (nSPS) is 23.6. The van der Waals surface area contributed by atoms with Crippen molar-refractivity contribution in [2.45, 2.75) is 51.0 Å². The van der Waals surface area contributed by atoms with Crippen LogP contribution in [0.1, 0.15) is 38.5 Å². The zero-order chi connectivity index (χ0) is 14.1. The number of rotatable bonds is 8. The van der Waals surface area contributed by atoms with Gasteiger partial charge in [0.05, 0.1) is 6.61 Å². The summed E-state index contributed by atoms with van der Waals surface area (Å²) in [5, 5.41) is 2.67. The molecule has 0 unspecified atom stereocenters.